The zero-order chi connectivity index (χ0) is 23.5. The average Bonchev–Trinajstić information content (AvgIpc) is 3.25. The normalized spacial score (nSPS) is 14.9. The number of non-ortho nitro benzene ring substituents is 1. The number of nitro benzene ring substituents is 1. The minimum absolute atomic E-state index is 0.0197. The molecule has 1 unspecified atom stereocenters. The number of hydrogen-bond acceptors (Lipinski definition) is 6. The van der Waals surface area contributed by atoms with Gasteiger partial charge in [-0.3, -0.25) is 14.9 Å². The predicted molar refractivity (Wildman–Crippen MR) is 120 cm³/mol. The molecule has 8 nitrogen and oxygen atoms in total. The van der Waals surface area contributed by atoms with E-state index in [0.717, 1.165) is 5.56 Å². The molecule has 0 saturated carbocycles. The molecule has 0 aromatic heterocycles. The van der Waals surface area contributed by atoms with Gasteiger partial charge in [0.15, 0.2) is 0 Å². The molecule has 33 heavy (non-hydrogen) atoms. The van der Waals surface area contributed by atoms with Crippen LogP contribution in [-0.2, 0) is 9.63 Å². The number of carbonyl (C=O) groups is 1. The second-order valence-electron chi connectivity index (χ2n) is 7.31. The first-order valence-corrected chi connectivity index (χ1v) is 10.2. The lowest BCUT2D eigenvalue weighted by Gasteiger charge is -2.12. The summed E-state index contributed by atoms with van der Waals surface area (Å²) >= 11 is 6.05. The monoisotopic (exact) mass is 469 g/mol. The van der Waals surface area contributed by atoms with Crippen LogP contribution in [0.4, 0.5) is 15.8 Å². The summed E-state index contributed by atoms with van der Waals surface area (Å²) < 4.78 is 19.9. The van der Waals surface area contributed by atoms with Gasteiger partial charge in [-0.1, -0.05) is 40.5 Å². The predicted octanol–water partition coefficient (Wildman–Crippen LogP) is 5.62. The van der Waals surface area contributed by atoms with Crippen LogP contribution in [0.2, 0.25) is 5.02 Å². The number of amides is 1. The third-order valence-corrected chi connectivity index (χ3v) is 5.15. The van der Waals surface area contributed by atoms with Crippen LogP contribution in [-0.4, -0.2) is 22.6 Å². The summed E-state index contributed by atoms with van der Waals surface area (Å²) in [5.41, 5.74) is 1.16. The van der Waals surface area contributed by atoms with Gasteiger partial charge in [-0.25, -0.2) is 4.39 Å². The number of rotatable bonds is 6. The highest BCUT2D eigenvalue weighted by atomic mass is 35.5. The van der Waals surface area contributed by atoms with Gasteiger partial charge in [0.25, 0.3) is 11.6 Å². The molecule has 10 heteroatoms. The van der Waals surface area contributed by atoms with Crippen molar-refractivity contribution < 1.29 is 23.7 Å². The van der Waals surface area contributed by atoms with Crippen molar-refractivity contribution >= 4 is 34.6 Å². The van der Waals surface area contributed by atoms with Crippen molar-refractivity contribution in [3.63, 3.8) is 0 Å². The standard InChI is InChI=1S/C23H17ClFN3O5/c1-13-5-7-16(8-6-13)32-17-10-14(9-15(11-17)28(30)31)26-23(29)21-12-20(27-33-21)22-18(24)3-2-4-19(22)25/h2-11,21H,12H2,1H3,(H,26,29). The van der Waals surface area contributed by atoms with Gasteiger partial charge in [0.05, 0.1) is 33.0 Å². The fourth-order valence-corrected chi connectivity index (χ4v) is 3.50. The molecule has 1 N–H and O–H groups in total. The molecule has 0 spiro atoms. The Morgan fingerprint density at radius 2 is 1.97 bits per heavy atom. The summed E-state index contributed by atoms with van der Waals surface area (Å²) in [4.78, 5) is 28.6. The van der Waals surface area contributed by atoms with E-state index in [9.17, 15) is 19.3 Å². The lowest BCUT2D eigenvalue weighted by atomic mass is 10.0. The molecule has 3 aromatic carbocycles. The van der Waals surface area contributed by atoms with Gasteiger partial charge in [-0.05, 0) is 31.2 Å². The lowest BCUT2D eigenvalue weighted by molar-refractivity contribution is -0.384. The SMILES string of the molecule is Cc1ccc(Oc2cc(NC(=O)C3CC(c4c(F)cccc4Cl)=NO3)cc([N+](=O)[O-])c2)cc1. The highest BCUT2D eigenvalue weighted by Gasteiger charge is 2.31. The van der Waals surface area contributed by atoms with Crippen LogP contribution in [0.15, 0.2) is 65.8 Å². The van der Waals surface area contributed by atoms with Crippen molar-refractivity contribution in [3.05, 3.63) is 92.7 Å². The van der Waals surface area contributed by atoms with Gasteiger partial charge < -0.3 is 14.9 Å². The van der Waals surface area contributed by atoms with E-state index in [1.165, 1.54) is 36.4 Å². The van der Waals surface area contributed by atoms with E-state index in [4.69, 9.17) is 21.2 Å². The van der Waals surface area contributed by atoms with Crippen molar-refractivity contribution in [1.82, 2.24) is 0 Å². The summed E-state index contributed by atoms with van der Waals surface area (Å²) in [5.74, 6) is -0.534. The number of halogens is 2. The van der Waals surface area contributed by atoms with Gasteiger partial charge >= 0.3 is 0 Å². The van der Waals surface area contributed by atoms with Crippen LogP contribution < -0.4 is 10.1 Å². The van der Waals surface area contributed by atoms with Crippen LogP contribution in [0.25, 0.3) is 0 Å². The summed E-state index contributed by atoms with van der Waals surface area (Å²) in [7, 11) is 0. The number of carbonyl (C=O) groups excluding carboxylic acids is 1. The summed E-state index contributed by atoms with van der Waals surface area (Å²) in [6.45, 7) is 1.92. The van der Waals surface area contributed by atoms with Crippen molar-refractivity contribution in [2.75, 3.05) is 5.32 Å². The maximum Gasteiger partial charge on any atom is 0.275 e. The molecular weight excluding hydrogens is 453 g/mol. The molecule has 3 aromatic rings. The molecule has 1 atom stereocenters. The number of ether oxygens (including phenoxy) is 1. The molecule has 0 aliphatic carbocycles. The minimum atomic E-state index is -1.06. The first-order valence-electron chi connectivity index (χ1n) is 9.82. The van der Waals surface area contributed by atoms with Crippen LogP contribution in [0, 0.1) is 22.9 Å². The maximum atomic E-state index is 14.1. The molecule has 1 aliphatic heterocycles. The number of nitrogens with one attached hydrogen (secondary N) is 1. The van der Waals surface area contributed by atoms with Crippen molar-refractivity contribution in [1.29, 1.82) is 0 Å². The Morgan fingerprint density at radius 1 is 1.21 bits per heavy atom. The summed E-state index contributed by atoms with van der Waals surface area (Å²) in [5, 5.41) is 17.9. The van der Waals surface area contributed by atoms with Gasteiger partial charge in [0.2, 0.25) is 6.10 Å². The molecule has 168 valence electrons. The van der Waals surface area contributed by atoms with E-state index in [2.05, 4.69) is 10.5 Å². The second-order valence-corrected chi connectivity index (χ2v) is 7.72. The second kappa shape index (κ2) is 9.25. The van der Waals surface area contributed by atoms with E-state index in [0.29, 0.717) is 5.75 Å². The summed E-state index contributed by atoms with van der Waals surface area (Å²) in [6, 6.07) is 15.2. The quantitative estimate of drug-likeness (QED) is 0.373. The Kier molecular flexibility index (Phi) is 6.23. The molecule has 1 amide bonds. The third-order valence-electron chi connectivity index (χ3n) is 4.84. The zero-order valence-corrected chi connectivity index (χ0v) is 18.0. The molecule has 4 rings (SSSR count). The molecule has 0 fully saturated rings. The zero-order valence-electron chi connectivity index (χ0n) is 17.2. The number of oxime groups is 1. The fraction of sp³-hybridized carbons (Fsp3) is 0.130. The van der Waals surface area contributed by atoms with Crippen LogP contribution in [0.5, 0.6) is 11.5 Å². The highest BCUT2D eigenvalue weighted by Crippen LogP contribution is 2.31. The van der Waals surface area contributed by atoms with Crippen molar-refractivity contribution in [3.8, 4) is 11.5 Å². The average molecular weight is 470 g/mol. The first kappa shape index (κ1) is 22.2. The largest absolute Gasteiger partial charge is 0.457 e. The fourth-order valence-electron chi connectivity index (χ4n) is 3.22. The number of hydrogen-bond donors (Lipinski definition) is 1. The number of aryl methyl sites for hydroxylation is 1. The van der Waals surface area contributed by atoms with Crippen molar-refractivity contribution in [2.45, 2.75) is 19.4 Å². The topological polar surface area (TPSA) is 103 Å². The number of benzene rings is 3. The van der Waals surface area contributed by atoms with E-state index in [-0.39, 0.29) is 39.8 Å². The van der Waals surface area contributed by atoms with E-state index in [1.807, 2.05) is 19.1 Å². The van der Waals surface area contributed by atoms with Crippen molar-refractivity contribution in [2.24, 2.45) is 5.16 Å². The van der Waals surface area contributed by atoms with Gasteiger partial charge in [0.1, 0.15) is 17.3 Å². The first-order chi connectivity index (χ1) is 15.8. The molecule has 0 bridgehead atoms. The minimum Gasteiger partial charge on any atom is -0.457 e. The van der Waals surface area contributed by atoms with Gasteiger partial charge in [-0.15, -0.1) is 0 Å². The lowest BCUT2D eigenvalue weighted by Crippen LogP contribution is -2.28. The molecule has 1 aliphatic rings. The number of anilines is 1. The van der Waals surface area contributed by atoms with Crippen LogP contribution in [0.3, 0.4) is 0 Å². The Balaban J connectivity index is 1.50. The van der Waals surface area contributed by atoms with Gasteiger partial charge in [-0.2, -0.15) is 0 Å². The Hall–Kier alpha value is -3.98. The summed E-state index contributed by atoms with van der Waals surface area (Å²) in [6.07, 6.45) is -1.08. The molecular formula is C23H17ClFN3O5. The van der Waals surface area contributed by atoms with E-state index < -0.39 is 22.8 Å². The molecule has 0 radical (unpaired) electrons. The van der Waals surface area contributed by atoms with Gasteiger partial charge in [0, 0.05) is 18.6 Å². The Morgan fingerprint density at radius 3 is 2.67 bits per heavy atom. The van der Waals surface area contributed by atoms with Crippen LogP contribution >= 0.6 is 11.6 Å². The molecule has 1 heterocycles. The third kappa shape index (κ3) is 5.09. The smallest absolute Gasteiger partial charge is 0.275 e. The van der Waals surface area contributed by atoms with Crippen LogP contribution in [0.1, 0.15) is 17.5 Å². The Labute approximate surface area is 192 Å². The number of nitro groups is 1. The molecule has 0 saturated heterocycles. The number of nitrogens with zero attached hydrogens (tertiary/aromatic N) is 2. The van der Waals surface area contributed by atoms with E-state index in [1.54, 1.807) is 12.1 Å². The Bertz CT molecular complexity index is 1240. The highest BCUT2D eigenvalue weighted by molar-refractivity contribution is 6.34. The maximum absolute atomic E-state index is 14.1. The van der Waals surface area contributed by atoms with E-state index >= 15 is 0 Å².